The van der Waals surface area contributed by atoms with E-state index in [4.69, 9.17) is 5.26 Å². The number of halogens is 1. The van der Waals surface area contributed by atoms with E-state index in [1.165, 1.54) is 25.3 Å². The number of nitriles is 1. The second-order valence-corrected chi connectivity index (χ2v) is 2.05. The van der Waals surface area contributed by atoms with Gasteiger partial charge in [-0.1, -0.05) is 12.7 Å². The van der Waals surface area contributed by atoms with E-state index >= 15 is 0 Å². The molecule has 0 heterocycles. The molecule has 0 aromatic rings. The first-order chi connectivity index (χ1) is 5.67. The van der Waals surface area contributed by atoms with Crippen LogP contribution in [0.25, 0.3) is 0 Å². The normalized spacial score (nSPS) is 13.0. The third-order valence-electron chi connectivity index (χ3n) is 1.28. The molecule has 0 amide bonds. The first-order valence-corrected chi connectivity index (χ1v) is 3.38. The SMILES string of the molecule is C=C/C(C)=C(OC#N)\C(F)=C/C. The minimum absolute atomic E-state index is 0.0741. The molecule has 0 fully saturated rings. The summed E-state index contributed by atoms with van der Waals surface area (Å²) in [5.74, 6) is -0.635. The Morgan fingerprint density at radius 2 is 2.25 bits per heavy atom. The molecular weight excluding hydrogens is 157 g/mol. The summed E-state index contributed by atoms with van der Waals surface area (Å²) in [6, 6.07) is 0. The molecule has 0 saturated heterocycles. The maximum Gasteiger partial charge on any atom is 0.292 e. The zero-order chi connectivity index (χ0) is 9.56. The van der Waals surface area contributed by atoms with Crippen molar-refractivity contribution in [1.82, 2.24) is 0 Å². The molecular formula is C9H10FNO. The Hall–Kier alpha value is -1.56. The maximum atomic E-state index is 12.9. The molecule has 0 atom stereocenters. The lowest BCUT2D eigenvalue weighted by Crippen LogP contribution is -1.90. The van der Waals surface area contributed by atoms with Crippen molar-refractivity contribution >= 4 is 0 Å². The molecule has 2 nitrogen and oxygen atoms in total. The lowest BCUT2D eigenvalue weighted by atomic mass is 10.2. The van der Waals surface area contributed by atoms with Crippen LogP contribution >= 0.6 is 0 Å². The molecule has 0 saturated carbocycles. The Morgan fingerprint density at radius 3 is 2.58 bits per heavy atom. The number of hydrogen-bond donors (Lipinski definition) is 0. The lowest BCUT2D eigenvalue weighted by molar-refractivity contribution is 0.354. The molecule has 3 heteroatoms. The minimum atomic E-state index is -0.561. The molecule has 0 rings (SSSR count). The van der Waals surface area contributed by atoms with Gasteiger partial charge in [0.15, 0.2) is 11.6 Å². The summed E-state index contributed by atoms with van der Waals surface area (Å²) in [5.41, 5.74) is 0.493. The lowest BCUT2D eigenvalue weighted by Gasteiger charge is -2.01. The largest absolute Gasteiger partial charge is 0.385 e. The topological polar surface area (TPSA) is 33.0 Å². The highest BCUT2D eigenvalue weighted by Gasteiger charge is 2.07. The molecule has 0 aliphatic rings. The van der Waals surface area contributed by atoms with Crippen molar-refractivity contribution < 1.29 is 9.13 Å². The Labute approximate surface area is 71.3 Å². The van der Waals surface area contributed by atoms with Crippen LogP contribution < -0.4 is 0 Å². The van der Waals surface area contributed by atoms with Gasteiger partial charge < -0.3 is 4.74 Å². The molecule has 0 N–H and O–H groups in total. The van der Waals surface area contributed by atoms with Gasteiger partial charge in [0.05, 0.1) is 0 Å². The Kier molecular flexibility index (Phi) is 4.47. The van der Waals surface area contributed by atoms with E-state index in [1.54, 1.807) is 6.92 Å². The van der Waals surface area contributed by atoms with Gasteiger partial charge in [-0.25, -0.2) is 4.39 Å². The van der Waals surface area contributed by atoms with Crippen LogP contribution in [0.4, 0.5) is 4.39 Å². The van der Waals surface area contributed by atoms with E-state index < -0.39 is 5.83 Å². The zero-order valence-corrected chi connectivity index (χ0v) is 7.10. The van der Waals surface area contributed by atoms with Crippen LogP contribution in [0.1, 0.15) is 13.8 Å². The fraction of sp³-hybridized carbons (Fsp3) is 0.222. The highest BCUT2D eigenvalue weighted by Crippen LogP contribution is 2.17. The third-order valence-corrected chi connectivity index (χ3v) is 1.28. The van der Waals surface area contributed by atoms with Crippen molar-refractivity contribution in [2.45, 2.75) is 13.8 Å². The van der Waals surface area contributed by atoms with E-state index in [1.807, 2.05) is 0 Å². The van der Waals surface area contributed by atoms with Crippen LogP contribution in [0, 0.1) is 11.5 Å². The fourth-order valence-corrected chi connectivity index (χ4v) is 0.587. The smallest absolute Gasteiger partial charge is 0.292 e. The summed E-state index contributed by atoms with van der Waals surface area (Å²) in [5, 5.41) is 8.19. The van der Waals surface area contributed by atoms with E-state index in [2.05, 4.69) is 11.3 Å². The highest BCUT2D eigenvalue weighted by molar-refractivity contribution is 5.30. The Morgan fingerprint density at radius 1 is 1.67 bits per heavy atom. The average Bonchev–Trinajstić information content (AvgIpc) is 2.11. The van der Waals surface area contributed by atoms with Gasteiger partial charge in [-0.05, 0) is 25.5 Å². The fourth-order valence-electron chi connectivity index (χ4n) is 0.587. The number of ether oxygens (including phenoxy) is 1. The van der Waals surface area contributed by atoms with Gasteiger partial charge >= 0.3 is 0 Å². The molecule has 0 spiro atoms. The summed E-state index contributed by atoms with van der Waals surface area (Å²) >= 11 is 0. The predicted molar refractivity (Wildman–Crippen MR) is 44.5 cm³/mol. The third kappa shape index (κ3) is 2.59. The molecule has 0 radical (unpaired) electrons. The van der Waals surface area contributed by atoms with Gasteiger partial charge in [0.25, 0.3) is 6.26 Å². The molecule has 0 unspecified atom stereocenters. The number of allylic oxidation sites excluding steroid dienone is 4. The molecule has 0 aliphatic carbocycles. The number of rotatable bonds is 3. The van der Waals surface area contributed by atoms with Crippen molar-refractivity contribution in [3.63, 3.8) is 0 Å². The van der Waals surface area contributed by atoms with E-state index in [-0.39, 0.29) is 5.76 Å². The quantitative estimate of drug-likeness (QED) is 0.368. The second kappa shape index (κ2) is 5.14. The summed E-state index contributed by atoms with van der Waals surface area (Å²) in [7, 11) is 0. The first-order valence-electron chi connectivity index (χ1n) is 3.38. The number of hydrogen-bond acceptors (Lipinski definition) is 2. The molecule has 0 aliphatic heterocycles. The van der Waals surface area contributed by atoms with Gasteiger partial charge in [0, 0.05) is 0 Å². The summed E-state index contributed by atoms with van der Waals surface area (Å²) in [6.07, 6.45) is 4.06. The second-order valence-electron chi connectivity index (χ2n) is 2.05. The van der Waals surface area contributed by atoms with Gasteiger partial charge in [-0.2, -0.15) is 0 Å². The van der Waals surface area contributed by atoms with Crippen molar-refractivity contribution in [2.24, 2.45) is 0 Å². The monoisotopic (exact) mass is 167 g/mol. The van der Waals surface area contributed by atoms with Crippen LogP contribution in [0.3, 0.4) is 0 Å². The van der Waals surface area contributed by atoms with Gasteiger partial charge in [0.1, 0.15) is 0 Å². The van der Waals surface area contributed by atoms with Gasteiger partial charge in [-0.3, -0.25) is 0 Å². The van der Waals surface area contributed by atoms with Crippen LogP contribution in [0.5, 0.6) is 0 Å². The zero-order valence-electron chi connectivity index (χ0n) is 7.10. The average molecular weight is 167 g/mol. The van der Waals surface area contributed by atoms with Gasteiger partial charge in [-0.15, -0.1) is 5.26 Å². The minimum Gasteiger partial charge on any atom is -0.385 e. The Bertz CT molecular complexity index is 271. The molecule has 12 heavy (non-hydrogen) atoms. The summed E-state index contributed by atoms with van der Waals surface area (Å²) in [4.78, 5) is 0. The van der Waals surface area contributed by atoms with Crippen LogP contribution in [0.2, 0.25) is 0 Å². The van der Waals surface area contributed by atoms with Gasteiger partial charge in [0.2, 0.25) is 0 Å². The Balaban J connectivity index is 4.93. The molecule has 0 bridgehead atoms. The molecule has 0 aromatic carbocycles. The molecule has 0 aromatic heterocycles. The van der Waals surface area contributed by atoms with Crippen LogP contribution in [-0.4, -0.2) is 0 Å². The maximum absolute atomic E-state index is 12.9. The predicted octanol–water partition coefficient (Wildman–Crippen LogP) is 2.82. The first kappa shape index (κ1) is 10.4. The van der Waals surface area contributed by atoms with Crippen LogP contribution in [0.15, 0.2) is 35.9 Å². The standard InChI is InChI=1S/C9H10FNO/c1-4-7(3)9(12-6-11)8(10)5-2/h4-5H,1H2,2-3H3/b8-5+,9-7+. The van der Waals surface area contributed by atoms with Crippen molar-refractivity contribution in [3.05, 3.63) is 35.9 Å². The molecule has 64 valence electrons. The highest BCUT2D eigenvalue weighted by atomic mass is 19.1. The van der Waals surface area contributed by atoms with Crippen molar-refractivity contribution in [3.8, 4) is 6.26 Å². The van der Waals surface area contributed by atoms with Crippen LogP contribution in [-0.2, 0) is 4.74 Å². The number of nitrogens with zero attached hydrogens (tertiary/aromatic N) is 1. The van der Waals surface area contributed by atoms with Crippen molar-refractivity contribution in [2.75, 3.05) is 0 Å². The van der Waals surface area contributed by atoms with E-state index in [0.29, 0.717) is 5.57 Å². The summed E-state index contributed by atoms with van der Waals surface area (Å²) in [6.45, 7) is 6.57. The van der Waals surface area contributed by atoms with E-state index in [0.717, 1.165) is 0 Å². The summed E-state index contributed by atoms with van der Waals surface area (Å²) < 4.78 is 17.3. The van der Waals surface area contributed by atoms with Crippen molar-refractivity contribution in [1.29, 1.82) is 5.26 Å². The van der Waals surface area contributed by atoms with E-state index in [9.17, 15) is 4.39 Å².